The molecule has 0 spiro atoms. The molecule has 4 heteroatoms. The van der Waals surface area contributed by atoms with Crippen LogP contribution in [0, 0.1) is 29.1 Å². The van der Waals surface area contributed by atoms with E-state index < -0.39 is 0 Å². The standard InChI is InChI=1S/C45H46N4/c1-30-24-32-25-31(2)27-45(26-30,28-32)38-22-20-36(21-23-38)43-47-42(35-18-16-34(17-19-35)33-10-4-3-5-11-33)48-44(49-43)41-15-9-8-14-40(41)39-13-7-6-12-37(39)29-46/h6-9,12-23,30-33H,3-5,10-11,24-28H2,1-2H3/t30-,31+,32-,45?. The van der Waals surface area contributed by atoms with E-state index in [0.717, 1.165) is 45.6 Å². The molecule has 5 aromatic rings. The number of nitriles is 1. The van der Waals surface area contributed by atoms with Crippen LogP contribution >= 0.6 is 0 Å². The highest BCUT2D eigenvalue weighted by Gasteiger charge is 2.45. The van der Waals surface area contributed by atoms with E-state index in [0.29, 0.717) is 29.0 Å². The first-order valence-electron chi connectivity index (χ1n) is 18.5. The molecule has 3 aliphatic carbocycles. The minimum atomic E-state index is 0.279. The van der Waals surface area contributed by atoms with Crippen LogP contribution < -0.4 is 0 Å². The number of benzene rings is 4. The molecule has 49 heavy (non-hydrogen) atoms. The van der Waals surface area contributed by atoms with E-state index in [-0.39, 0.29) is 5.41 Å². The van der Waals surface area contributed by atoms with Gasteiger partial charge in [0.2, 0.25) is 0 Å². The fourth-order valence-electron chi connectivity index (χ4n) is 9.85. The van der Waals surface area contributed by atoms with Gasteiger partial charge >= 0.3 is 0 Å². The molecule has 2 bridgehead atoms. The third-order valence-electron chi connectivity index (χ3n) is 11.8. The van der Waals surface area contributed by atoms with Gasteiger partial charge in [-0.25, -0.2) is 15.0 Å². The van der Waals surface area contributed by atoms with Crippen LogP contribution in [0.1, 0.15) is 101 Å². The average molecular weight is 643 g/mol. The molecular weight excluding hydrogens is 597 g/mol. The van der Waals surface area contributed by atoms with Gasteiger partial charge in [-0.2, -0.15) is 5.26 Å². The summed E-state index contributed by atoms with van der Waals surface area (Å²) in [5, 5.41) is 9.95. The molecule has 1 aromatic heterocycles. The molecule has 4 nitrogen and oxygen atoms in total. The van der Waals surface area contributed by atoms with E-state index in [1.807, 2.05) is 36.4 Å². The quantitative estimate of drug-likeness (QED) is 0.185. The van der Waals surface area contributed by atoms with Gasteiger partial charge in [0, 0.05) is 22.3 Å². The molecule has 4 atom stereocenters. The lowest BCUT2D eigenvalue weighted by Gasteiger charge is -2.50. The third-order valence-corrected chi connectivity index (χ3v) is 11.8. The second-order valence-corrected chi connectivity index (χ2v) is 15.5. The van der Waals surface area contributed by atoms with Gasteiger partial charge < -0.3 is 0 Å². The van der Waals surface area contributed by atoms with Gasteiger partial charge in [0.25, 0.3) is 0 Å². The lowest BCUT2D eigenvalue weighted by molar-refractivity contribution is 0.0780. The molecule has 0 N–H and O–H groups in total. The summed E-state index contributed by atoms with van der Waals surface area (Å²) in [6.45, 7) is 4.90. The molecule has 246 valence electrons. The Labute approximate surface area is 291 Å². The molecule has 0 radical (unpaired) electrons. The molecule has 8 rings (SSSR count). The molecule has 3 fully saturated rings. The van der Waals surface area contributed by atoms with E-state index in [4.69, 9.17) is 15.0 Å². The van der Waals surface area contributed by atoms with Crippen molar-refractivity contribution in [3.05, 3.63) is 114 Å². The Hall–Kier alpha value is -4.62. The minimum absolute atomic E-state index is 0.279. The summed E-state index contributed by atoms with van der Waals surface area (Å²) in [6, 6.07) is 36.4. The zero-order chi connectivity index (χ0) is 33.4. The number of hydrogen-bond donors (Lipinski definition) is 0. The Balaban J connectivity index is 1.22. The van der Waals surface area contributed by atoms with Gasteiger partial charge in [0.1, 0.15) is 0 Å². The van der Waals surface area contributed by atoms with Gasteiger partial charge in [-0.15, -0.1) is 0 Å². The van der Waals surface area contributed by atoms with Crippen molar-refractivity contribution >= 4 is 0 Å². The van der Waals surface area contributed by atoms with Gasteiger partial charge in [-0.3, -0.25) is 0 Å². The Morgan fingerprint density at radius 2 is 1.14 bits per heavy atom. The van der Waals surface area contributed by atoms with Crippen molar-refractivity contribution in [2.24, 2.45) is 17.8 Å². The highest BCUT2D eigenvalue weighted by atomic mass is 15.0. The maximum atomic E-state index is 9.95. The predicted octanol–water partition coefficient (Wildman–Crippen LogP) is 11.6. The number of nitrogens with zero attached hydrogens (tertiary/aromatic N) is 4. The summed E-state index contributed by atoms with van der Waals surface area (Å²) in [7, 11) is 0. The topological polar surface area (TPSA) is 62.5 Å². The highest BCUT2D eigenvalue weighted by Crippen LogP contribution is 2.54. The Kier molecular flexibility index (Phi) is 8.62. The van der Waals surface area contributed by atoms with E-state index >= 15 is 0 Å². The van der Waals surface area contributed by atoms with Crippen LogP contribution in [0.2, 0.25) is 0 Å². The fourth-order valence-corrected chi connectivity index (χ4v) is 9.85. The number of hydrogen-bond acceptors (Lipinski definition) is 4. The van der Waals surface area contributed by atoms with Crippen LogP contribution in [0.3, 0.4) is 0 Å². The van der Waals surface area contributed by atoms with Gasteiger partial charge in [-0.05, 0) is 96.8 Å². The van der Waals surface area contributed by atoms with E-state index in [1.165, 1.54) is 75.3 Å². The fraction of sp³-hybridized carbons (Fsp3) is 0.378. The molecule has 3 saturated carbocycles. The molecule has 3 aliphatic rings. The Bertz CT molecular complexity index is 1960. The molecule has 0 amide bonds. The molecular formula is C45H46N4. The second-order valence-electron chi connectivity index (χ2n) is 15.5. The Morgan fingerprint density at radius 1 is 0.592 bits per heavy atom. The van der Waals surface area contributed by atoms with Crippen molar-refractivity contribution < 1.29 is 0 Å². The normalized spacial score (nSPS) is 23.9. The Morgan fingerprint density at radius 3 is 1.78 bits per heavy atom. The van der Waals surface area contributed by atoms with Crippen LogP contribution in [0.25, 0.3) is 45.3 Å². The van der Waals surface area contributed by atoms with Crippen molar-refractivity contribution in [3.8, 4) is 51.4 Å². The smallest absolute Gasteiger partial charge is 0.164 e. The second kappa shape index (κ2) is 13.4. The van der Waals surface area contributed by atoms with Crippen molar-refractivity contribution in [3.63, 3.8) is 0 Å². The first-order chi connectivity index (χ1) is 24.0. The molecule has 4 aromatic carbocycles. The number of fused-ring (bicyclic) bond motifs is 2. The largest absolute Gasteiger partial charge is 0.208 e. The number of rotatable bonds is 6. The molecule has 1 unspecified atom stereocenters. The van der Waals surface area contributed by atoms with Crippen molar-refractivity contribution in [2.75, 3.05) is 0 Å². The summed E-state index contributed by atoms with van der Waals surface area (Å²) < 4.78 is 0. The monoisotopic (exact) mass is 642 g/mol. The van der Waals surface area contributed by atoms with Crippen LogP contribution in [-0.4, -0.2) is 15.0 Å². The van der Waals surface area contributed by atoms with E-state index in [1.54, 1.807) is 0 Å². The summed E-state index contributed by atoms with van der Waals surface area (Å²) in [5.41, 5.74) is 8.52. The third kappa shape index (κ3) is 6.32. The summed E-state index contributed by atoms with van der Waals surface area (Å²) in [6.07, 6.45) is 13.2. The predicted molar refractivity (Wildman–Crippen MR) is 199 cm³/mol. The van der Waals surface area contributed by atoms with Crippen molar-refractivity contribution in [2.45, 2.75) is 89.4 Å². The molecule has 0 aliphatic heterocycles. The van der Waals surface area contributed by atoms with Crippen molar-refractivity contribution in [1.82, 2.24) is 15.0 Å². The maximum absolute atomic E-state index is 9.95. The summed E-state index contributed by atoms with van der Waals surface area (Å²) in [5.74, 6) is 5.00. The van der Waals surface area contributed by atoms with E-state index in [9.17, 15) is 5.26 Å². The van der Waals surface area contributed by atoms with Gasteiger partial charge in [0.15, 0.2) is 17.5 Å². The van der Waals surface area contributed by atoms with Crippen LogP contribution in [-0.2, 0) is 5.41 Å². The van der Waals surface area contributed by atoms with E-state index in [2.05, 4.69) is 80.6 Å². The van der Waals surface area contributed by atoms with Crippen molar-refractivity contribution in [1.29, 1.82) is 5.26 Å². The summed E-state index contributed by atoms with van der Waals surface area (Å²) >= 11 is 0. The molecule has 0 saturated heterocycles. The summed E-state index contributed by atoms with van der Waals surface area (Å²) in [4.78, 5) is 15.4. The van der Waals surface area contributed by atoms with Crippen LogP contribution in [0.15, 0.2) is 97.1 Å². The van der Waals surface area contributed by atoms with Gasteiger partial charge in [0.05, 0.1) is 11.6 Å². The van der Waals surface area contributed by atoms with Gasteiger partial charge in [-0.1, -0.05) is 124 Å². The van der Waals surface area contributed by atoms with Crippen LogP contribution in [0.5, 0.6) is 0 Å². The highest BCUT2D eigenvalue weighted by molar-refractivity contribution is 5.84. The maximum Gasteiger partial charge on any atom is 0.164 e. The zero-order valence-electron chi connectivity index (χ0n) is 28.9. The molecule has 1 heterocycles. The first kappa shape index (κ1) is 31.6. The first-order valence-corrected chi connectivity index (χ1v) is 18.5. The average Bonchev–Trinajstić information content (AvgIpc) is 3.14. The lowest BCUT2D eigenvalue weighted by Crippen LogP contribution is -2.42. The number of aromatic nitrogens is 3. The lowest BCUT2D eigenvalue weighted by atomic mass is 9.54. The van der Waals surface area contributed by atoms with Crippen LogP contribution in [0.4, 0.5) is 0 Å². The zero-order valence-corrected chi connectivity index (χ0v) is 28.9. The SMILES string of the molecule is C[C@@H]1C[C@@H]2C[C@H](C)CC(c3ccc(-c4nc(-c5ccc(C6CCCCC6)cc5)nc(-c5ccccc5-c5ccccc5C#N)n4)cc3)(C1)C2. The minimum Gasteiger partial charge on any atom is -0.208 e.